The second kappa shape index (κ2) is 15.8. The first-order valence-electron chi connectivity index (χ1n) is 17.3. The molecule has 3 aliphatic heterocycles. The molecule has 0 bridgehead atoms. The summed E-state index contributed by atoms with van der Waals surface area (Å²) >= 11 is 2.13. The van der Waals surface area contributed by atoms with Crippen molar-refractivity contribution >= 4 is 69.4 Å². The van der Waals surface area contributed by atoms with Crippen LogP contribution in [0.1, 0.15) is 43.5 Å². The van der Waals surface area contributed by atoms with Crippen molar-refractivity contribution in [2.75, 3.05) is 23.3 Å². The predicted octanol–water partition coefficient (Wildman–Crippen LogP) is 1.65. The molecule has 5 heterocycles. The highest BCUT2D eigenvalue weighted by atomic mass is 32.2. The molecule has 3 fully saturated rings. The summed E-state index contributed by atoms with van der Waals surface area (Å²) in [6, 6.07) is 6.01. The van der Waals surface area contributed by atoms with Gasteiger partial charge in [-0.2, -0.15) is 13.9 Å². The largest absolute Gasteiger partial charge is 0.505 e. The Kier molecular flexibility index (Phi) is 10.8. The topological polar surface area (TPSA) is 234 Å². The number of carbonyl (C=O) groups excluding carboxylic acids is 4. The van der Waals surface area contributed by atoms with E-state index in [0.717, 1.165) is 59.8 Å². The Hall–Kier alpha value is -5.89. The van der Waals surface area contributed by atoms with Gasteiger partial charge in [0.05, 0.1) is 0 Å². The summed E-state index contributed by atoms with van der Waals surface area (Å²) in [6.45, 7) is 0.597. The molecule has 0 spiro atoms. The number of allylic oxidation sites excluding steroid dienone is 1. The number of pyridine rings is 1. The second-order valence-corrected chi connectivity index (χ2v) is 15.1. The molecular weight excluding hydrogens is 758 g/mol. The van der Waals surface area contributed by atoms with E-state index >= 15 is 0 Å². The molecular formula is C35H35FN9O8S2+. The Morgan fingerprint density at radius 2 is 1.93 bits per heavy atom. The highest BCUT2D eigenvalue weighted by Crippen LogP contribution is 2.41. The van der Waals surface area contributed by atoms with Gasteiger partial charge < -0.3 is 36.3 Å². The van der Waals surface area contributed by atoms with Gasteiger partial charge in [0, 0.05) is 59.8 Å². The SMILES string of the molecule is Nc1nc(/C(=N/OC2CCCC2)C(=O)N[C@@H]2C(=O)N3C(C(=O)O)=C(C=C4CCN(Cc5cc[n+](CC(=O)Nc6ccc(O)c(F)c6)cc5)C4=O)CS[C@H]23)ns1. The number of nitrogens with one attached hydrogen (secondary N) is 2. The van der Waals surface area contributed by atoms with Gasteiger partial charge in [0.15, 0.2) is 29.1 Å². The first-order valence-corrected chi connectivity index (χ1v) is 19.1. The van der Waals surface area contributed by atoms with Crippen LogP contribution in [0.5, 0.6) is 5.75 Å². The lowest BCUT2D eigenvalue weighted by Gasteiger charge is -2.49. The van der Waals surface area contributed by atoms with Crippen LogP contribution in [0.25, 0.3) is 0 Å². The number of hydrogen-bond donors (Lipinski definition) is 5. The number of nitrogens with two attached hydrogens (primary N) is 1. The van der Waals surface area contributed by atoms with Gasteiger partial charge in [-0.25, -0.2) is 9.18 Å². The highest BCUT2D eigenvalue weighted by molar-refractivity contribution is 8.00. The quantitative estimate of drug-likeness (QED) is 0.0440. The molecule has 4 aliphatic rings. The summed E-state index contributed by atoms with van der Waals surface area (Å²) in [5.74, 6) is -4.66. The minimum atomic E-state index is -1.34. The van der Waals surface area contributed by atoms with Crippen LogP contribution < -0.4 is 20.9 Å². The number of likely N-dealkylation sites (tertiary alicyclic amines) is 1. The van der Waals surface area contributed by atoms with E-state index in [1.807, 2.05) is 0 Å². The predicted molar refractivity (Wildman–Crippen MR) is 195 cm³/mol. The van der Waals surface area contributed by atoms with Crippen LogP contribution in [0.3, 0.4) is 0 Å². The third kappa shape index (κ3) is 8.14. The number of halogens is 1. The number of benzene rings is 1. The Morgan fingerprint density at radius 1 is 1.16 bits per heavy atom. The lowest BCUT2D eigenvalue weighted by molar-refractivity contribution is -0.684. The van der Waals surface area contributed by atoms with Gasteiger partial charge in [-0.05, 0) is 61.4 Å². The molecule has 4 amide bonds. The summed E-state index contributed by atoms with van der Waals surface area (Å²) in [5.41, 5.74) is 6.94. The van der Waals surface area contributed by atoms with Gasteiger partial charge in [0.1, 0.15) is 23.2 Å². The molecule has 2 saturated heterocycles. The average molecular weight is 793 g/mol. The summed E-state index contributed by atoms with van der Waals surface area (Å²) in [6.07, 6.45) is 8.63. The number of phenolic OH excluding ortho intramolecular Hbond substituents is 1. The molecule has 2 atom stereocenters. The fraction of sp³-hybridized carbons (Fsp3) is 0.343. The van der Waals surface area contributed by atoms with Crippen LogP contribution in [0, 0.1) is 5.82 Å². The van der Waals surface area contributed by atoms with E-state index in [9.17, 15) is 38.6 Å². The zero-order valence-corrected chi connectivity index (χ0v) is 30.6. The number of phenols is 1. The minimum absolute atomic E-state index is 0.0453. The van der Waals surface area contributed by atoms with Crippen molar-refractivity contribution in [3.63, 3.8) is 0 Å². The Labute approximate surface area is 320 Å². The molecule has 3 aromatic rings. The highest BCUT2D eigenvalue weighted by Gasteiger charge is 2.54. The van der Waals surface area contributed by atoms with Gasteiger partial charge in [0.25, 0.3) is 17.7 Å². The molecule has 7 rings (SSSR count). The van der Waals surface area contributed by atoms with E-state index < -0.39 is 46.7 Å². The Morgan fingerprint density at radius 3 is 2.62 bits per heavy atom. The number of aromatic nitrogens is 3. The molecule has 0 radical (unpaired) electrons. The van der Waals surface area contributed by atoms with Crippen molar-refractivity contribution in [3.8, 4) is 5.75 Å². The molecule has 1 saturated carbocycles. The number of thioether (sulfide) groups is 1. The van der Waals surface area contributed by atoms with Crippen LogP contribution in [-0.4, -0.2) is 94.5 Å². The van der Waals surface area contributed by atoms with E-state index in [1.54, 1.807) is 34.0 Å². The fourth-order valence-corrected chi connectivity index (χ4v) is 8.37. The number of amides is 4. The number of oxime groups is 1. The summed E-state index contributed by atoms with van der Waals surface area (Å²) in [5, 5.41) is 28.2. The molecule has 6 N–H and O–H groups in total. The summed E-state index contributed by atoms with van der Waals surface area (Å²) < 4.78 is 19.3. The Bertz CT molecular complexity index is 2150. The molecule has 1 aliphatic carbocycles. The van der Waals surface area contributed by atoms with Crippen LogP contribution in [0.15, 0.2) is 70.8 Å². The minimum Gasteiger partial charge on any atom is -0.505 e. The van der Waals surface area contributed by atoms with Crippen molar-refractivity contribution in [1.29, 1.82) is 0 Å². The number of carboxylic acid groups (broad SMARTS) is 1. The number of nitrogen functional groups attached to an aromatic ring is 1. The van der Waals surface area contributed by atoms with E-state index in [0.29, 0.717) is 24.1 Å². The molecule has 2 aromatic heterocycles. The normalized spacial score (nSPS) is 20.8. The monoisotopic (exact) mass is 792 g/mol. The van der Waals surface area contributed by atoms with Gasteiger partial charge >= 0.3 is 5.97 Å². The number of rotatable bonds is 12. The first-order chi connectivity index (χ1) is 26.4. The summed E-state index contributed by atoms with van der Waals surface area (Å²) in [7, 11) is 0. The number of aromatic hydroxyl groups is 1. The van der Waals surface area contributed by atoms with Crippen LogP contribution >= 0.6 is 23.3 Å². The van der Waals surface area contributed by atoms with Crippen molar-refractivity contribution in [1.82, 2.24) is 24.5 Å². The number of aliphatic carboxylic acids is 1. The standard InChI is InChI=1S/C35H34FN9O8S2/c36-23-14-21(5-6-24(23)46)38-25(47)16-43-10-7-18(8-11-43)15-44-12-9-19(31(44)49)13-20-17-54-33-27(32(50)45(33)28(20)34(51)52)39-30(48)26(29-40-35(37)55-42-29)41-53-22-3-1-2-4-22/h5-8,10-11,13-14,22,27,33H,1-4,9,12,15-17H2,(H5-,37,38,39,40,41,42,46,47,48,51,52)/p+1/t27-,33-/m1/s1. The smallest absolute Gasteiger partial charge is 0.352 e. The maximum atomic E-state index is 13.6. The number of carbonyl (C=O) groups is 5. The lowest BCUT2D eigenvalue weighted by Crippen LogP contribution is -2.71. The van der Waals surface area contributed by atoms with Gasteiger partial charge in [-0.1, -0.05) is 5.16 Å². The third-order valence-corrected chi connectivity index (χ3v) is 11.2. The molecule has 1 aromatic carbocycles. The lowest BCUT2D eigenvalue weighted by atomic mass is 10.0. The number of carboxylic acids is 1. The maximum Gasteiger partial charge on any atom is 0.352 e. The van der Waals surface area contributed by atoms with E-state index in [4.69, 9.17) is 10.6 Å². The molecule has 286 valence electrons. The third-order valence-electron chi connectivity index (χ3n) is 9.40. The van der Waals surface area contributed by atoms with Crippen molar-refractivity contribution in [3.05, 3.63) is 82.8 Å². The number of hydrogen-bond acceptors (Lipinski definition) is 13. The van der Waals surface area contributed by atoms with Gasteiger partial charge in [0.2, 0.25) is 24.0 Å². The maximum absolute atomic E-state index is 13.6. The molecule has 20 heteroatoms. The van der Waals surface area contributed by atoms with Crippen LogP contribution in [0.2, 0.25) is 0 Å². The molecule has 17 nitrogen and oxygen atoms in total. The van der Waals surface area contributed by atoms with Crippen molar-refractivity contribution in [2.45, 2.75) is 62.7 Å². The zero-order valence-electron chi connectivity index (χ0n) is 29.0. The second-order valence-electron chi connectivity index (χ2n) is 13.2. The van der Waals surface area contributed by atoms with E-state index in [2.05, 4.69) is 25.1 Å². The number of anilines is 2. The van der Waals surface area contributed by atoms with Crippen LogP contribution in [-0.2, 0) is 41.9 Å². The van der Waals surface area contributed by atoms with Crippen molar-refractivity contribution in [2.24, 2.45) is 5.16 Å². The van der Waals surface area contributed by atoms with Crippen molar-refractivity contribution < 1.29 is 48.0 Å². The van der Waals surface area contributed by atoms with Crippen LogP contribution in [0.4, 0.5) is 15.2 Å². The van der Waals surface area contributed by atoms with E-state index in [-0.39, 0.29) is 58.9 Å². The Balaban J connectivity index is 0.977. The average Bonchev–Trinajstić information content (AvgIpc) is 3.92. The van der Waals surface area contributed by atoms with Gasteiger partial charge in [-0.15, -0.1) is 11.8 Å². The number of β-lactam (4-membered cyclic amide) rings is 1. The zero-order chi connectivity index (χ0) is 38.8. The summed E-state index contributed by atoms with van der Waals surface area (Å²) in [4.78, 5) is 77.6. The number of fused-ring (bicyclic) bond motifs is 1. The molecule has 0 unspecified atom stereocenters. The number of nitrogens with zero attached hydrogens (tertiary/aromatic N) is 6. The van der Waals surface area contributed by atoms with Gasteiger partial charge in [-0.3, -0.25) is 24.1 Å². The van der Waals surface area contributed by atoms with E-state index in [1.165, 1.54) is 23.9 Å². The fourth-order valence-electron chi connectivity index (χ4n) is 6.63. The first kappa shape index (κ1) is 37.4. The molecule has 55 heavy (non-hydrogen) atoms.